The molecule has 20 heavy (non-hydrogen) atoms. The van der Waals surface area contributed by atoms with Gasteiger partial charge >= 0.3 is 0 Å². The Balaban J connectivity index is 1.75. The molecule has 1 saturated heterocycles. The zero-order valence-electron chi connectivity index (χ0n) is 12.6. The molecule has 1 saturated carbocycles. The molecule has 3 rings (SSSR count). The zero-order chi connectivity index (χ0) is 13.8. The van der Waals surface area contributed by atoms with Crippen molar-refractivity contribution in [3.05, 3.63) is 18.2 Å². The van der Waals surface area contributed by atoms with E-state index in [1.807, 2.05) is 0 Å². The predicted octanol–water partition coefficient (Wildman–Crippen LogP) is 3.76. The van der Waals surface area contributed by atoms with E-state index in [0.29, 0.717) is 10.8 Å². The maximum atomic E-state index is 4.44. The van der Waals surface area contributed by atoms with Crippen molar-refractivity contribution in [1.82, 2.24) is 14.9 Å². The summed E-state index contributed by atoms with van der Waals surface area (Å²) in [5.41, 5.74) is 1.41. The lowest BCUT2D eigenvalue weighted by atomic mass is 9.88. The third-order valence-corrected chi connectivity index (χ3v) is 6.47. The highest BCUT2D eigenvalue weighted by molar-refractivity contribution is 8.00. The van der Waals surface area contributed by atoms with Gasteiger partial charge in [0.1, 0.15) is 0 Å². The predicted molar refractivity (Wildman–Crippen MR) is 86.2 cm³/mol. The quantitative estimate of drug-likeness (QED) is 0.916. The summed E-state index contributed by atoms with van der Waals surface area (Å²) in [5, 5.41) is 3.66. The highest BCUT2D eigenvalue weighted by Gasteiger charge is 2.32. The monoisotopic (exact) mass is 293 g/mol. The fourth-order valence-corrected chi connectivity index (χ4v) is 4.76. The van der Waals surface area contributed by atoms with Gasteiger partial charge in [-0.1, -0.05) is 25.7 Å². The third kappa shape index (κ3) is 3.06. The molecule has 0 bridgehead atoms. The molecule has 1 aromatic heterocycles. The summed E-state index contributed by atoms with van der Waals surface area (Å²) >= 11 is 2.08. The van der Waals surface area contributed by atoms with Gasteiger partial charge < -0.3 is 9.88 Å². The van der Waals surface area contributed by atoms with Crippen molar-refractivity contribution in [2.45, 2.75) is 68.7 Å². The minimum Gasteiger partial charge on any atom is -0.332 e. The molecule has 0 aromatic carbocycles. The Labute approximate surface area is 126 Å². The summed E-state index contributed by atoms with van der Waals surface area (Å²) in [6.07, 6.45) is 17.3. The second-order valence-corrected chi connectivity index (χ2v) is 7.67. The van der Waals surface area contributed by atoms with Crippen LogP contribution in [-0.4, -0.2) is 27.1 Å². The van der Waals surface area contributed by atoms with E-state index >= 15 is 0 Å². The minimum absolute atomic E-state index is 0.447. The summed E-state index contributed by atoms with van der Waals surface area (Å²) < 4.78 is 2.88. The van der Waals surface area contributed by atoms with Crippen LogP contribution in [0.5, 0.6) is 0 Å². The standard InChI is InChI=1S/C16H27N3S/c1-20-16(8-4-2-5-9-16)12-19-13-17-11-15(19)14-7-3-6-10-18-14/h11,13-14,18H,2-10,12H2,1H3. The van der Waals surface area contributed by atoms with Gasteiger partial charge in [0.25, 0.3) is 0 Å². The Kier molecular flexibility index (Phi) is 4.72. The molecule has 1 aromatic rings. The Morgan fingerprint density at radius 3 is 2.85 bits per heavy atom. The van der Waals surface area contributed by atoms with Gasteiger partial charge in [-0.05, 0) is 38.5 Å². The van der Waals surface area contributed by atoms with Crippen molar-refractivity contribution in [3.8, 4) is 0 Å². The molecule has 4 heteroatoms. The summed E-state index contributed by atoms with van der Waals surface area (Å²) in [5.74, 6) is 0. The Morgan fingerprint density at radius 2 is 2.15 bits per heavy atom. The first-order valence-electron chi connectivity index (χ1n) is 8.12. The van der Waals surface area contributed by atoms with Crippen LogP contribution < -0.4 is 5.32 Å². The minimum atomic E-state index is 0.447. The topological polar surface area (TPSA) is 29.9 Å². The van der Waals surface area contributed by atoms with E-state index in [-0.39, 0.29) is 0 Å². The molecular weight excluding hydrogens is 266 g/mol. The molecule has 0 radical (unpaired) electrons. The molecule has 2 aliphatic rings. The van der Waals surface area contributed by atoms with Gasteiger partial charge in [-0.2, -0.15) is 11.8 Å². The number of nitrogens with one attached hydrogen (secondary N) is 1. The van der Waals surface area contributed by atoms with Crippen LogP contribution in [0.25, 0.3) is 0 Å². The van der Waals surface area contributed by atoms with Crippen LogP contribution in [0, 0.1) is 0 Å². The molecule has 1 atom stereocenters. The first-order chi connectivity index (χ1) is 9.83. The van der Waals surface area contributed by atoms with Gasteiger partial charge in [0, 0.05) is 23.5 Å². The van der Waals surface area contributed by atoms with Gasteiger partial charge in [-0.25, -0.2) is 4.98 Å². The SMILES string of the molecule is CSC1(Cn2cncc2C2CCCCN2)CCCCC1. The van der Waals surface area contributed by atoms with Crippen LogP contribution in [0.2, 0.25) is 0 Å². The molecule has 1 N–H and O–H groups in total. The van der Waals surface area contributed by atoms with Gasteiger partial charge in [-0.3, -0.25) is 0 Å². The van der Waals surface area contributed by atoms with E-state index in [9.17, 15) is 0 Å². The van der Waals surface area contributed by atoms with E-state index in [4.69, 9.17) is 0 Å². The normalized spacial score (nSPS) is 26.6. The van der Waals surface area contributed by atoms with E-state index in [1.165, 1.54) is 57.1 Å². The number of hydrogen-bond acceptors (Lipinski definition) is 3. The van der Waals surface area contributed by atoms with Gasteiger partial charge in [0.15, 0.2) is 0 Å². The average Bonchev–Trinajstić information content (AvgIpc) is 2.97. The number of piperidine rings is 1. The molecule has 1 aliphatic heterocycles. The molecule has 112 valence electrons. The fraction of sp³-hybridized carbons (Fsp3) is 0.812. The van der Waals surface area contributed by atoms with Crippen LogP contribution >= 0.6 is 11.8 Å². The highest BCUT2D eigenvalue weighted by atomic mass is 32.2. The second kappa shape index (κ2) is 6.52. The maximum Gasteiger partial charge on any atom is 0.0949 e. The van der Waals surface area contributed by atoms with E-state index in [2.05, 4.69) is 45.4 Å². The summed E-state index contributed by atoms with van der Waals surface area (Å²) in [4.78, 5) is 4.44. The molecule has 2 heterocycles. The van der Waals surface area contributed by atoms with Crippen molar-refractivity contribution in [2.24, 2.45) is 0 Å². The van der Waals surface area contributed by atoms with Gasteiger partial charge in [-0.15, -0.1) is 0 Å². The summed E-state index contributed by atoms with van der Waals surface area (Å²) in [6, 6.07) is 0.522. The molecule has 1 aliphatic carbocycles. The number of rotatable bonds is 4. The zero-order valence-corrected chi connectivity index (χ0v) is 13.4. The third-order valence-electron chi connectivity index (χ3n) is 5.07. The number of hydrogen-bond donors (Lipinski definition) is 1. The van der Waals surface area contributed by atoms with Crippen LogP contribution in [0.15, 0.2) is 12.5 Å². The van der Waals surface area contributed by atoms with Crippen molar-refractivity contribution < 1.29 is 0 Å². The van der Waals surface area contributed by atoms with E-state index < -0.39 is 0 Å². The fourth-order valence-electron chi connectivity index (χ4n) is 3.79. The van der Waals surface area contributed by atoms with Crippen molar-refractivity contribution in [1.29, 1.82) is 0 Å². The lowest BCUT2D eigenvalue weighted by Crippen LogP contribution is -2.35. The van der Waals surface area contributed by atoms with Crippen molar-refractivity contribution in [2.75, 3.05) is 12.8 Å². The first-order valence-corrected chi connectivity index (χ1v) is 9.34. The van der Waals surface area contributed by atoms with Gasteiger partial charge in [0.2, 0.25) is 0 Å². The molecule has 0 amide bonds. The number of nitrogens with zero attached hydrogens (tertiary/aromatic N) is 2. The van der Waals surface area contributed by atoms with E-state index in [1.54, 1.807) is 0 Å². The van der Waals surface area contributed by atoms with E-state index in [0.717, 1.165) is 13.1 Å². The lowest BCUT2D eigenvalue weighted by Gasteiger charge is -2.37. The molecule has 0 spiro atoms. The highest BCUT2D eigenvalue weighted by Crippen LogP contribution is 2.40. The molecular formula is C16H27N3S. The van der Waals surface area contributed by atoms with Crippen molar-refractivity contribution in [3.63, 3.8) is 0 Å². The second-order valence-electron chi connectivity index (χ2n) is 6.40. The van der Waals surface area contributed by atoms with Crippen LogP contribution in [-0.2, 0) is 6.54 Å². The van der Waals surface area contributed by atoms with Crippen LogP contribution in [0.4, 0.5) is 0 Å². The summed E-state index contributed by atoms with van der Waals surface area (Å²) in [6.45, 7) is 2.30. The Bertz CT molecular complexity index is 417. The number of aromatic nitrogens is 2. The average molecular weight is 293 g/mol. The Hall–Kier alpha value is -0.480. The smallest absolute Gasteiger partial charge is 0.0949 e. The van der Waals surface area contributed by atoms with Crippen molar-refractivity contribution >= 4 is 11.8 Å². The van der Waals surface area contributed by atoms with Gasteiger partial charge in [0.05, 0.1) is 12.0 Å². The van der Waals surface area contributed by atoms with Crippen LogP contribution in [0.3, 0.4) is 0 Å². The largest absolute Gasteiger partial charge is 0.332 e. The lowest BCUT2D eigenvalue weighted by molar-refractivity contribution is 0.339. The molecule has 1 unspecified atom stereocenters. The van der Waals surface area contributed by atoms with Crippen LogP contribution in [0.1, 0.15) is 63.1 Å². The maximum absolute atomic E-state index is 4.44. The molecule has 2 fully saturated rings. The number of thioether (sulfide) groups is 1. The summed E-state index contributed by atoms with van der Waals surface area (Å²) in [7, 11) is 0. The first kappa shape index (κ1) is 14.5. The molecule has 3 nitrogen and oxygen atoms in total. The Morgan fingerprint density at radius 1 is 1.30 bits per heavy atom. The number of imidazole rings is 1.